The molecule has 2 N–H and O–H groups in total. The lowest BCUT2D eigenvalue weighted by Gasteiger charge is -2.34. The number of aromatic nitrogens is 2. The smallest absolute Gasteiger partial charge is 0.321 e. The van der Waals surface area contributed by atoms with E-state index in [2.05, 4.69) is 15.3 Å². The van der Waals surface area contributed by atoms with Crippen molar-refractivity contribution in [3.63, 3.8) is 0 Å². The highest BCUT2D eigenvalue weighted by molar-refractivity contribution is 7.99. The number of nitrogens with one attached hydrogen (secondary N) is 2. The largest absolute Gasteiger partial charge is 0.338 e. The Bertz CT molecular complexity index is 1010. The fourth-order valence-electron chi connectivity index (χ4n) is 3.27. The van der Waals surface area contributed by atoms with Crippen molar-refractivity contribution in [1.29, 1.82) is 0 Å². The summed E-state index contributed by atoms with van der Waals surface area (Å²) in [6, 6.07) is 15.3. The predicted octanol–water partition coefficient (Wildman–Crippen LogP) is 3.34. The molecule has 1 aliphatic rings. The SMILES string of the molecule is Cc1ccc2nc(SCC(=O)N3CCN(C(=O)Nc4ccccc4)CC3)[nH]c2c1. The Hall–Kier alpha value is -3.00. The van der Waals surface area contributed by atoms with Crippen molar-refractivity contribution in [3.8, 4) is 0 Å². The molecule has 1 saturated heterocycles. The molecule has 0 radical (unpaired) electrons. The normalized spacial score (nSPS) is 14.2. The van der Waals surface area contributed by atoms with Gasteiger partial charge >= 0.3 is 6.03 Å². The molecule has 8 heteroatoms. The van der Waals surface area contributed by atoms with Gasteiger partial charge in [-0.25, -0.2) is 9.78 Å². The first-order valence-corrected chi connectivity index (χ1v) is 10.5. The number of imidazole rings is 1. The van der Waals surface area contributed by atoms with Crippen LogP contribution in [0.2, 0.25) is 0 Å². The van der Waals surface area contributed by atoms with Crippen molar-refractivity contribution < 1.29 is 9.59 Å². The number of H-pyrrole nitrogens is 1. The lowest BCUT2D eigenvalue weighted by Crippen LogP contribution is -2.52. The fourth-order valence-corrected chi connectivity index (χ4v) is 4.06. The fraction of sp³-hybridized carbons (Fsp3) is 0.286. The predicted molar refractivity (Wildman–Crippen MR) is 115 cm³/mol. The van der Waals surface area contributed by atoms with Gasteiger partial charge in [0.15, 0.2) is 5.16 Å². The maximum absolute atomic E-state index is 12.6. The molecule has 1 aromatic heterocycles. The molecule has 29 heavy (non-hydrogen) atoms. The van der Waals surface area contributed by atoms with Crippen LogP contribution >= 0.6 is 11.8 Å². The van der Waals surface area contributed by atoms with Crippen molar-refractivity contribution >= 4 is 40.4 Å². The molecule has 0 spiro atoms. The third-order valence-corrected chi connectivity index (χ3v) is 5.75. The minimum absolute atomic E-state index is 0.0646. The third kappa shape index (κ3) is 4.71. The van der Waals surface area contributed by atoms with Gasteiger partial charge in [0.2, 0.25) is 5.91 Å². The number of urea groups is 1. The first-order chi connectivity index (χ1) is 14.1. The lowest BCUT2D eigenvalue weighted by atomic mass is 10.2. The van der Waals surface area contributed by atoms with Gasteiger partial charge in [-0.15, -0.1) is 0 Å². The van der Waals surface area contributed by atoms with E-state index in [-0.39, 0.29) is 11.9 Å². The van der Waals surface area contributed by atoms with Crippen molar-refractivity contribution in [2.45, 2.75) is 12.1 Å². The molecule has 3 aromatic rings. The lowest BCUT2D eigenvalue weighted by molar-refractivity contribution is -0.129. The van der Waals surface area contributed by atoms with Crippen molar-refractivity contribution in [3.05, 3.63) is 54.1 Å². The Morgan fingerprint density at radius 3 is 2.55 bits per heavy atom. The van der Waals surface area contributed by atoms with Crippen LogP contribution < -0.4 is 5.32 Å². The first kappa shape index (κ1) is 19.3. The summed E-state index contributed by atoms with van der Waals surface area (Å²) in [5, 5.41) is 3.64. The highest BCUT2D eigenvalue weighted by Gasteiger charge is 2.24. The summed E-state index contributed by atoms with van der Waals surface area (Å²) in [7, 11) is 0. The van der Waals surface area contributed by atoms with Gasteiger partial charge in [0, 0.05) is 31.9 Å². The molecule has 1 aliphatic heterocycles. The Morgan fingerprint density at radius 2 is 1.79 bits per heavy atom. The summed E-state index contributed by atoms with van der Waals surface area (Å²) < 4.78 is 0. The van der Waals surface area contributed by atoms with E-state index in [9.17, 15) is 9.59 Å². The average molecular weight is 410 g/mol. The molecule has 0 atom stereocenters. The van der Waals surface area contributed by atoms with Crippen molar-refractivity contribution in [2.75, 3.05) is 37.2 Å². The molecule has 0 aliphatic carbocycles. The summed E-state index contributed by atoms with van der Waals surface area (Å²) in [5.74, 6) is 0.393. The molecule has 0 saturated carbocycles. The standard InChI is InChI=1S/C21H23N5O2S/c1-15-7-8-17-18(13-15)24-20(23-17)29-14-19(27)25-9-11-26(12-10-25)21(28)22-16-5-3-2-4-6-16/h2-8,13H,9-12,14H2,1H3,(H,22,28)(H,23,24). The Morgan fingerprint density at radius 1 is 1.07 bits per heavy atom. The number of benzene rings is 2. The van der Waals surface area contributed by atoms with Gasteiger partial charge in [0.25, 0.3) is 0 Å². The van der Waals surface area contributed by atoms with E-state index in [1.807, 2.05) is 60.4 Å². The number of carbonyl (C=O) groups excluding carboxylic acids is 2. The second-order valence-electron chi connectivity index (χ2n) is 7.02. The van der Waals surface area contributed by atoms with Crippen molar-refractivity contribution in [2.24, 2.45) is 0 Å². The van der Waals surface area contributed by atoms with Crippen LogP contribution in [0.25, 0.3) is 11.0 Å². The quantitative estimate of drug-likeness (QED) is 0.648. The van der Waals surface area contributed by atoms with Crippen molar-refractivity contribution in [1.82, 2.24) is 19.8 Å². The van der Waals surface area contributed by atoms with Crippen LogP contribution in [0.3, 0.4) is 0 Å². The van der Waals surface area contributed by atoms with Crippen LogP contribution in [-0.4, -0.2) is 63.6 Å². The van der Waals surface area contributed by atoms with E-state index in [1.165, 1.54) is 17.3 Å². The van der Waals surface area contributed by atoms with E-state index < -0.39 is 0 Å². The van der Waals surface area contributed by atoms with Crippen LogP contribution in [0, 0.1) is 6.92 Å². The number of hydrogen-bond acceptors (Lipinski definition) is 4. The van der Waals surface area contributed by atoms with Crippen LogP contribution in [-0.2, 0) is 4.79 Å². The molecule has 150 valence electrons. The summed E-state index contributed by atoms with van der Waals surface area (Å²) in [4.78, 5) is 36.2. The summed E-state index contributed by atoms with van der Waals surface area (Å²) >= 11 is 1.41. The molecule has 3 amide bonds. The maximum Gasteiger partial charge on any atom is 0.321 e. The number of anilines is 1. The monoisotopic (exact) mass is 409 g/mol. The number of nitrogens with zero attached hydrogens (tertiary/aromatic N) is 3. The van der Waals surface area contributed by atoms with Crippen LogP contribution in [0.4, 0.5) is 10.5 Å². The number of aromatic amines is 1. The third-order valence-electron chi connectivity index (χ3n) is 4.89. The topological polar surface area (TPSA) is 81.3 Å². The number of para-hydroxylation sites is 1. The van der Waals surface area contributed by atoms with E-state index >= 15 is 0 Å². The zero-order valence-electron chi connectivity index (χ0n) is 16.2. The highest BCUT2D eigenvalue weighted by Crippen LogP contribution is 2.21. The second kappa shape index (κ2) is 8.57. The van der Waals surface area contributed by atoms with Gasteiger partial charge in [-0.05, 0) is 36.8 Å². The maximum atomic E-state index is 12.6. The number of carbonyl (C=O) groups is 2. The van der Waals surface area contributed by atoms with Crippen LogP contribution in [0.1, 0.15) is 5.56 Å². The van der Waals surface area contributed by atoms with Gasteiger partial charge in [0.05, 0.1) is 16.8 Å². The van der Waals surface area contributed by atoms with Gasteiger partial charge in [-0.1, -0.05) is 36.0 Å². The number of hydrogen-bond donors (Lipinski definition) is 2. The Kier molecular flexibility index (Phi) is 5.71. The summed E-state index contributed by atoms with van der Waals surface area (Å²) in [5.41, 5.74) is 3.83. The minimum Gasteiger partial charge on any atom is -0.338 e. The number of fused-ring (bicyclic) bond motifs is 1. The van der Waals surface area contributed by atoms with Gasteiger partial charge in [-0.3, -0.25) is 4.79 Å². The molecule has 1 fully saturated rings. The highest BCUT2D eigenvalue weighted by atomic mass is 32.2. The van der Waals surface area contributed by atoms with E-state index in [4.69, 9.17) is 0 Å². The summed E-state index contributed by atoms with van der Waals surface area (Å²) in [6.45, 7) is 4.18. The average Bonchev–Trinajstić information content (AvgIpc) is 3.15. The van der Waals surface area contributed by atoms with Gasteiger partial charge in [-0.2, -0.15) is 0 Å². The number of thioether (sulfide) groups is 1. The number of amides is 3. The molecule has 2 heterocycles. The summed E-state index contributed by atoms with van der Waals surface area (Å²) in [6.07, 6.45) is 0. The number of rotatable bonds is 4. The first-order valence-electron chi connectivity index (χ1n) is 9.56. The Labute approximate surface area is 173 Å². The molecular weight excluding hydrogens is 386 g/mol. The molecular formula is C21H23N5O2S. The molecule has 4 rings (SSSR count). The molecule has 7 nitrogen and oxygen atoms in total. The molecule has 2 aromatic carbocycles. The van der Waals surface area contributed by atoms with E-state index in [1.54, 1.807) is 4.90 Å². The Balaban J connectivity index is 1.25. The zero-order chi connectivity index (χ0) is 20.2. The number of piperazine rings is 1. The number of aryl methyl sites for hydroxylation is 1. The van der Waals surface area contributed by atoms with Gasteiger partial charge in [0.1, 0.15) is 0 Å². The van der Waals surface area contributed by atoms with Crippen LogP contribution in [0.15, 0.2) is 53.7 Å². The van der Waals surface area contributed by atoms with Crippen LogP contribution in [0.5, 0.6) is 0 Å². The van der Waals surface area contributed by atoms with E-state index in [0.29, 0.717) is 31.9 Å². The molecule has 0 unspecified atom stereocenters. The van der Waals surface area contributed by atoms with Gasteiger partial charge < -0.3 is 20.1 Å². The minimum atomic E-state index is -0.129. The van der Waals surface area contributed by atoms with E-state index in [0.717, 1.165) is 21.9 Å². The molecule has 0 bridgehead atoms. The second-order valence-corrected chi connectivity index (χ2v) is 7.98. The zero-order valence-corrected chi connectivity index (χ0v) is 17.0.